The van der Waals surface area contributed by atoms with Crippen molar-refractivity contribution in [2.45, 2.75) is 12.8 Å². The van der Waals surface area contributed by atoms with Gasteiger partial charge in [-0.25, -0.2) is 0 Å². The Morgan fingerprint density at radius 1 is 1.12 bits per heavy atom. The molecule has 0 saturated heterocycles. The van der Waals surface area contributed by atoms with E-state index in [2.05, 4.69) is 10.6 Å². The lowest BCUT2D eigenvalue weighted by molar-refractivity contribution is -0.119. The lowest BCUT2D eigenvalue weighted by atomic mass is 10.1. The molecular formula is C19H21ClN2O3S. The minimum absolute atomic E-state index is 0.165. The predicted octanol–water partition coefficient (Wildman–Crippen LogP) is 3.81. The van der Waals surface area contributed by atoms with Crippen molar-refractivity contribution in [3.63, 3.8) is 0 Å². The van der Waals surface area contributed by atoms with E-state index in [1.54, 1.807) is 7.11 Å². The molecule has 0 aliphatic rings. The molecule has 0 bridgehead atoms. The van der Waals surface area contributed by atoms with E-state index in [0.29, 0.717) is 31.1 Å². The molecule has 2 N–H and O–H groups in total. The standard InChI is InChI=1S/C19H21ClN2O3S/c1-24-12-13-25-16-9-7-15(8-10-16)21-19(26)22-18(23)11-6-14-4-2-3-5-17(14)20/h2-5,7-10H,6,11-13H2,1H3,(H2,21,22,23,26). The Hall–Kier alpha value is -2.15. The number of anilines is 1. The van der Waals surface area contributed by atoms with Crippen molar-refractivity contribution in [1.29, 1.82) is 0 Å². The first-order chi connectivity index (χ1) is 12.6. The van der Waals surface area contributed by atoms with E-state index in [-0.39, 0.29) is 11.0 Å². The largest absolute Gasteiger partial charge is 0.491 e. The monoisotopic (exact) mass is 392 g/mol. The number of nitrogens with one attached hydrogen (secondary N) is 2. The summed E-state index contributed by atoms with van der Waals surface area (Å²) in [6.07, 6.45) is 0.861. The Morgan fingerprint density at radius 2 is 1.85 bits per heavy atom. The third kappa shape index (κ3) is 7.00. The summed E-state index contributed by atoms with van der Waals surface area (Å²) in [6.45, 7) is 1.02. The van der Waals surface area contributed by atoms with Gasteiger partial charge in [0, 0.05) is 24.2 Å². The highest BCUT2D eigenvalue weighted by Gasteiger charge is 2.07. The van der Waals surface area contributed by atoms with Crippen LogP contribution in [-0.4, -0.2) is 31.3 Å². The van der Waals surface area contributed by atoms with Crippen LogP contribution in [0.2, 0.25) is 5.02 Å². The second-order valence-electron chi connectivity index (χ2n) is 5.46. The quantitative estimate of drug-likeness (QED) is 0.528. The van der Waals surface area contributed by atoms with Crippen LogP contribution < -0.4 is 15.4 Å². The van der Waals surface area contributed by atoms with Gasteiger partial charge in [0.2, 0.25) is 5.91 Å². The first-order valence-corrected chi connectivity index (χ1v) is 8.93. The van der Waals surface area contributed by atoms with E-state index in [9.17, 15) is 4.79 Å². The summed E-state index contributed by atoms with van der Waals surface area (Å²) in [4.78, 5) is 12.0. The van der Waals surface area contributed by atoms with Gasteiger partial charge in [0.05, 0.1) is 6.61 Å². The third-order valence-electron chi connectivity index (χ3n) is 3.50. The van der Waals surface area contributed by atoms with Crippen LogP contribution in [0.5, 0.6) is 5.75 Å². The smallest absolute Gasteiger partial charge is 0.226 e. The van der Waals surface area contributed by atoms with Gasteiger partial charge in [0.25, 0.3) is 0 Å². The fourth-order valence-electron chi connectivity index (χ4n) is 2.18. The van der Waals surface area contributed by atoms with Gasteiger partial charge in [0.1, 0.15) is 12.4 Å². The van der Waals surface area contributed by atoms with E-state index >= 15 is 0 Å². The highest BCUT2D eigenvalue weighted by atomic mass is 35.5. The highest BCUT2D eigenvalue weighted by molar-refractivity contribution is 7.80. The van der Waals surface area contributed by atoms with Crippen LogP contribution in [-0.2, 0) is 16.0 Å². The zero-order chi connectivity index (χ0) is 18.8. The van der Waals surface area contributed by atoms with Gasteiger partial charge < -0.3 is 20.1 Å². The van der Waals surface area contributed by atoms with Crippen LogP contribution in [0.15, 0.2) is 48.5 Å². The van der Waals surface area contributed by atoms with Crippen molar-refractivity contribution in [3.8, 4) is 5.75 Å². The number of methoxy groups -OCH3 is 1. The van der Waals surface area contributed by atoms with Crippen molar-refractivity contribution in [2.24, 2.45) is 0 Å². The van der Waals surface area contributed by atoms with E-state index in [4.69, 9.17) is 33.3 Å². The maximum Gasteiger partial charge on any atom is 0.226 e. The van der Waals surface area contributed by atoms with Crippen LogP contribution in [0.1, 0.15) is 12.0 Å². The third-order valence-corrected chi connectivity index (χ3v) is 4.07. The molecule has 0 aliphatic carbocycles. The predicted molar refractivity (Wildman–Crippen MR) is 108 cm³/mol. The summed E-state index contributed by atoms with van der Waals surface area (Å²) in [6, 6.07) is 14.8. The Morgan fingerprint density at radius 3 is 2.54 bits per heavy atom. The zero-order valence-corrected chi connectivity index (χ0v) is 16.0. The molecule has 5 nitrogen and oxygen atoms in total. The van der Waals surface area contributed by atoms with Gasteiger partial charge in [-0.05, 0) is 54.5 Å². The van der Waals surface area contributed by atoms with Crippen LogP contribution in [0.25, 0.3) is 0 Å². The number of halogens is 1. The topological polar surface area (TPSA) is 59.6 Å². The molecule has 0 aromatic heterocycles. The first kappa shape index (κ1) is 20.2. The Kier molecular flexibility index (Phi) is 8.34. The second kappa shape index (κ2) is 10.8. The molecule has 138 valence electrons. The van der Waals surface area contributed by atoms with Gasteiger partial charge in [-0.2, -0.15) is 0 Å². The van der Waals surface area contributed by atoms with Gasteiger partial charge in [0.15, 0.2) is 5.11 Å². The Labute approximate surface area is 163 Å². The number of aryl methyl sites for hydroxylation is 1. The summed E-state index contributed by atoms with van der Waals surface area (Å²) in [5.41, 5.74) is 1.70. The molecule has 26 heavy (non-hydrogen) atoms. The minimum Gasteiger partial charge on any atom is -0.491 e. The fourth-order valence-corrected chi connectivity index (χ4v) is 2.64. The van der Waals surface area contributed by atoms with Crippen LogP contribution in [0.4, 0.5) is 5.69 Å². The number of ether oxygens (including phenoxy) is 2. The molecular weight excluding hydrogens is 372 g/mol. The maximum absolute atomic E-state index is 12.0. The van der Waals surface area contributed by atoms with E-state index < -0.39 is 0 Å². The normalized spacial score (nSPS) is 10.2. The summed E-state index contributed by atoms with van der Waals surface area (Å²) in [7, 11) is 1.63. The molecule has 0 spiro atoms. The summed E-state index contributed by atoms with van der Waals surface area (Å²) in [5.74, 6) is 0.573. The number of hydrogen-bond donors (Lipinski definition) is 2. The summed E-state index contributed by atoms with van der Waals surface area (Å²) in [5, 5.41) is 6.55. The number of rotatable bonds is 8. The Balaban J connectivity index is 1.75. The molecule has 7 heteroatoms. The molecule has 2 rings (SSSR count). The van der Waals surface area contributed by atoms with Crippen molar-refractivity contribution in [2.75, 3.05) is 25.6 Å². The van der Waals surface area contributed by atoms with E-state index in [1.807, 2.05) is 48.5 Å². The SMILES string of the molecule is COCCOc1ccc(NC(=S)NC(=O)CCc2ccccc2Cl)cc1. The number of amides is 1. The molecule has 0 aliphatic heterocycles. The Bertz CT molecular complexity index is 738. The lowest BCUT2D eigenvalue weighted by Gasteiger charge is -2.11. The fraction of sp³-hybridized carbons (Fsp3) is 0.263. The number of carbonyl (C=O) groups excluding carboxylic acids is 1. The minimum atomic E-state index is -0.165. The molecule has 0 unspecified atom stereocenters. The molecule has 0 saturated carbocycles. The second-order valence-corrected chi connectivity index (χ2v) is 6.27. The van der Waals surface area contributed by atoms with Gasteiger partial charge in [-0.3, -0.25) is 4.79 Å². The van der Waals surface area contributed by atoms with Crippen LogP contribution in [0, 0.1) is 0 Å². The number of carbonyl (C=O) groups is 1. The molecule has 0 atom stereocenters. The molecule has 1 amide bonds. The van der Waals surface area contributed by atoms with Crippen molar-refractivity contribution in [1.82, 2.24) is 5.32 Å². The number of hydrogen-bond acceptors (Lipinski definition) is 4. The number of benzene rings is 2. The number of thiocarbonyl (C=S) groups is 1. The van der Waals surface area contributed by atoms with Crippen molar-refractivity contribution >= 4 is 40.5 Å². The van der Waals surface area contributed by atoms with E-state index in [1.165, 1.54) is 0 Å². The van der Waals surface area contributed by atoms with Crippen molar-refractivity contribution < 1.29 is 14.3 Å². The zero-order valence-electron chi connectivity index (χ0n) is 14.5. The van der Waals surface area contributed by atoms with Gasteiger partial charge in [-0.15, -0.1) is 0 Å². The molecule has 0 fully saturated rings. The summed E-state index contributed by atoms with van der Waals surface area (Å²) >= 11 is 11.3. The maximum atomic E-state index is 12.0. The average Bonchev–Trinajstić information content (AvgIpc) is 2.62. The average molecular weight is 393 g/mol. The highest BCUT2D eigenvalue weighted by Crippen LogP contribution is 2.17. The molecule has 2 aromatic rings. The van der Waals surface area contributed by atoms with Gasteiger partial charge in [-0.1, -0.05) is 29.8 Å². The van der Waals surface area contributed by atoms with Gasteiger partial charge >= 0.3 is 0 Å². The molecule has 0 radical (unpaired) electrons. The first-order valence-electron chi connectivity index (χ1n) is 8.14. The lowest BCUT2D eigenvalue weighted by Crippen LogP contribution is -2.34. The summed E-state index contributed by atoms with van der Waals surface area (Å²) < 4.78 is 10.4. The van der Waals surface area contributed by atoms with E-state index in [0.717, 1.165) is 17.0 Å². The molecule has 0 heterocycles. The molecule has 2 aromatic carbocycles. The van der Waals surface area contributed by atoms with Crippen molar-refractivity contribution in [3.05, 3.63) is 59.1 Å². The van der Waals surface area contributed by atoms with Crippen LogP contribution in [0.3, 0.4) is 0 Å². The van der Waals surface area contributed by atoms with Crippen LogP contribution >= 0.6 is 23.8 Å².